The van der Waals surface area contributed by atoms with Gasteiger partial charge in [-0.25, -0.2) is 8.78 Å². The Hall–Kier alpha value is -1.49. The van der Waals surface area contributed by atoms with E-state index in [-0.39, 0.29) is 12.5 Å². The van der Waals surface area contributed by atoms with Crippen molar-refractivity contribution in [3.8, 4) is 0 Å². The van der Waals surface area contributed by atoms with Gasteiger partial charge < -0.3 is 10.2 Å². The third kappa shape index (κ3) is 4.07. The van der Waals surface area contributed by atoms with Gasteiger partial charge in [0, 0.05) is 19.6 Å². The first-order valence-corrected chi connectivity index (χ1v) is 6.00. The second kappa shape index (κ2) is 7.06. The first kappa shape index (κ1) is 14.6. The monoisotopic (exact) mass is 256 g/mol. The Bertz CT molecular complexity index is 406. The zero-order valence-electron chi connectivity index (χ0n) is 10.7. The van der Waals surface area contributed by atoms with Gasteiger partial charge in [-0.05, 0) is 31.5 Å². The lowest BCUT2D eigenvalue weighted by molar-refractivity contribution is -0.129. The van der Waals surface area contributed by atoms with E-state index < -0.39 is 11.6 Å². The summed E-state index contributed by atoms with van der Waals surface area (Å²) in [4.78, 5) is 13.4. The summed E-state index contributed by atoms with van der Waals surface area (Å²) in [5.74, 6) is -1.73. The van der Waals surface area contributed by atoms with Gasteiger partial charge in [0.1, 0.15) is 0 Å². The number of amides is 1. The van der Waals surface area contributed by atoms with Crippen molar-refractivity contribution in [3.05, 3.63) is 35.4 Å². The summed E-state index contributed by atoms with van der Waals surface area (Å²) in [5, 5.41) is 2.92. The number of hydrogen-bond acceptors (Lipinski definition) is 2. The van der Waals surface area contributed by atoms with Crippen molar-refractivity contribution in [2.24, 2.45) is 0 Å². The number of carbonyl (C=O) groups excluding carboxylic acids is 1. The molecular formula is C13H18F2N2O. The Morgan fingerprint density at radius 3 is 2.44 bits per heavy atom. The van der Waals surface area contributed by atoms with Gasteiger partial charge in [-0.3, -0.25) is 4.79 Å². The van der Waals surface area contributed by atoms with Crippen LogP contribution >= 0.6 is 0 Å². The van der Waals surface area contributed by atoms with E-state index in [9.17, 15) is 13.6 Å². The van der Waals surface area contributed by atoms with Crippen LogP contribution < -0.4 is 5.32 Å². The molecule has 0 heterocycles. The first-order chi connectivity index (χ1) is 8.58. The largest absolute Gasteiger partial charge is 0.342 e. The quantitative estimate of drug-likeness (QED) is 0.843. The molecule has 1 N–H and O–H groups in total. The second-order valence-corrected chi connectivity index (χ2v) is 3.92. The highest BCUT2D eigenvalue weighted by Gasteiger charge is 2.08. The SMILES string of the molecule is CCN(CC)C(=O)CNCc1ccc(F)c(F)c1. The van der Waals surface area contributed by atoms with Crippen molar-refractivity contribution in [3.63, 3.8) is 0 Å². The molecule has 1 aromatic carbocycles. The summed E-state index contributed by atoms with van der Waals surface area (Å²) >= 11 is 0. The Labute approximate surface area is 106 Å². The summed E-state index contributed by atoms with van der Waals surface area (Å²) in [7, 11) is 0. The Balaban J connectivity index is 2.41. The highest BCUT2D eigenvalue weighted by molar-refractivity contribution is 5.78. The van der Waals surface area contributed by atoms with Crippen LogP contribution in [0.25, 0.3) is 0 Å². The molecule has 1 amide bonds. The first-order valence-electron chi connectivity index (χ1n) is 6.00. The van der Waals surface area contributed by atoms with Crippen LogP contribution in [0.1, 0.15) is 19.4 Å². The van der Waals surface area contributed by atoms with Gasteiger partial charge >= 0.3 is 0 Å². The van der Waals surface area contributed by atoms with Gasteiger partial charge in [0.25, 0.3) is 0 Å². The van der Waals surface area contributed by atoms with Gasteiger partial charge in [-0.2, -0.15) is 0 Å². The standard InChI is InChI=1S/C13H18F2N2O/c1-3-17(4-2)13(18)9-16-8-10-5-6-11(14)12(15)7-10/h5-7,16H,3-4,8-9H2,1-2H3. The maximum Gasteiger partial charge on any atom is 0.236 e. The minimum atomic E-state index is -0.871. The van der Waals surface area contributed by atoms with Crippen LogP contribution in [0.3, 0.4) is 0 Å². The number of rotatable bonds is 6. The molecule has 0 saturated heterocycles. The smallest absolute Gasteiger partial charge is 0.236 e. The number of halogens is 2. The van der Waals surface area contributed by atoms with Crippen LogP contribution in [0.2, 0.25) is 0 Å². The summed E-state index contributed by atoms with van der Waals surface area (Å²) < 4.78 is 25.6. The van der Waals surface area contributed by atoms with E-state index in [0.29, 0.717) is 25.2 Å². The molecule has 100 valence electrons. The Morgan fingerprint density at radius 1 is 1.22 bits per heavy atom. The highest BCUT2D eigenvalue weighted by Crippen LogP contribution is 2.08. The number of hydrogen-bond donors (Lipinski definition) is 1. The molecule has 0 radical (unpaired) electrons. The van der Waals surface area contributed by atoms with E-state index in [4.69, 9.17) is 0 Å². The van der Waals surface area contributed by atoms with Gasteiger partial charge in [0.15, 0.2) is 11.6 Å². The van der Waals surface area contributed by atoms with Gasteiger partial charge in [0.2, 0.25) is 5.91 Å². The molecule has 0 aromatic heterocycles. The molecule has 18 heavy (non-hydrogen) atoms. The van der Waals surface area contributed by atoms with E-state index in [2.05, 4.69) is 5.32 Å². The second-order valence-electron chi connectivity index (χ2n) is 3.92. The van der Waals surface area contributed by atoms with Crippen molar-refractivity contribution in [1.82, 2.24) is 10.2 Å². The Morgan fingerprint density at radius 2 is 1.89 bits per heavy atom. The Kier molecular flexibility index (Phi) is 5.71. The zero-order chi connectivity index (χ0) is 13.5. The highest BCUT2D eigenvalue weighted by atomic mass is 19.2. The van der Waals surface area contributed by atoms with E-state index in [0.717, 1.165) is 12.1 Å². The molecule has 0 bridgehead atoms. The average molecular weight is 256 g/mol. The summed E-state index contributed by atoms with van der Waals surface area (Å²) in [6, 6.07) is 3.70. The summed E-state index contributed by atoms with van der Waals surface area (Å²) in [6.07, 6.45) is 0. The van der Waals surface area contributed by atoms with E-state index in [1.54, 1.807) is 4.90 Å². The topological polar surface area (TPSA) is 32.3 Å². The molecule has 3 nitrogen and oxygen atoms in total. The predicted octanol–water partition coefficient (Wildman–Crippen LogP) is 1.92. The zero-order valence-corrected chi connectivity index (χ0v) is 10.7. The van der Waals surface area contributed by atoms with Crippen molar-refractivity contribution in [2.45, 2.75) is 20.4 Å². The molecule has 0 saturated carbocycles. The van der Waals surface area contributed by atoms with Crippen LogP contribution in [-0.2, 0) is 11.3 Å². The maximum absolute atomic E-state index is 12.9. The molecule has 0 aliphatic rings. The molecular weight excluding hydrogens is 238 g/mol. The molecule has 0 fully saturated rings. The van der Waals surface area contributed by atoms with Crippen LogP contribution in [0.15, 0.2) is 18.2 Å². The molecule has 0 spiro atoms. The third-order valence-corrected chi connectivity index (χ3v) is 2.71. The molecule has 0 aliphatic heterocycles. The average Bonchev–Trinajstić information content (AvgIpc) is 2.35. The van der Waals surface area contributed by atoms with E-state index in [1.807, 2.05) is 13.8 Å². The summed E-state index contributed by atoms with van der Waals surface area (Å²) in [6.45, 7) is 5.70. The van der Waals surface area contributed by atoms with Crippen molar-refractivity contribution in [1.29, 1.82) is 0 Å². The molecule has 0 unspecified atom stereocenters. The number of carbonyl (C=O) groups is 1. The molecule has 0 aliphatic carbocycles. The maximum atomic E-state index is 12.9. The van der Waals surface area contributed by atoms with Crippen LogP contribution in [0.5, 0.6) is 0 Å². The number of nitrogens with one attached hydrogen (secondary N) is 1. The van der Waals surface area contributed by atoms with Crippen LogP contribution in [0.4, 0.5) is 8.78 Å². The van der Waals surface area contributed by atoms with Gasteiger partial charge in [-0.15, -0.1) is 0 Å². The van der Waals surface area contributed by atoms with E-state index >= 15 is 0 Å². The number of nitrogens with zero attached hydrogens (tertiary/aromatic N) is 1. The fourth-order valence-electron chi connectivity index (χ4n) is 1.65. The van der Waals surface area contributed by atoms with E-state index in [1.165, 1.54) is 6.07 Å². The molecule has 1 rings (SSSR count). The normalized spacial score (nSPS) is 10.4. The van der Waals surface area contributed by atoms with Crippen molar-refractivity contribution < 1.29 is 13.6 Å². The number of likely N-dealkylation sites (N-methyl/N-ethyl adjacent to an activating group) is 1. The molecule has 1 aromatic rings. The predicted molar refractivity (Wildman–Crippen MR) is 66.0 cm³/mol. The molecule has 5 heteroatoms. The lowest BCUT2D eigenvalue weighted by Gasteiger charge is -2.18. The van der Waals surface area contributed by atoms with Gasteiger partial charge in [-0.1, -0.05) is 6.07 Å². The fourth-order valence-corrected chi connectivity index (χ4v) is 1.65. The van der Waals surface area contributed by atoms with Gasteiger partial charge in [0.05, 0.1) is 6.54 Å². The van der Waals surface area contributed by atoms with Crippen LogP contribution in [-0.4, -0.2) is 30.4 Å². The lowest BCUT2D eigenvalue weighted by Crippen LogP contribution is -2.37. The number of benzene rings is 1. The van der Waals surface area contributed by atoms with Crippen LogP contribution in [0, 0.1) is 11.6 Å². The third-order valence-electron chi connectivity index (χ3n) is 2.71. The minimum absolute atomic E-state index is 0.00239. The summed E-state index contributed by atoms with van der Waals surface area (Å²) in [5.41, 5.74) is 0.612. The van der Waals surface area contributed by atoms with Crippen molar-refractivity contribution >= 4 is 5.91 Å². The minimum Gasteiger partial charge on any atom is -0.342 e. The lowest BCUT2D eigenvalue weighted by atomic mass is 10.2. The molecule has 0 atom stereocenters. The van der Waals surface area contributed by atoms with Crippen molar-refractivity contribution in [2.75, 3.05) is 19.6 Å². The fraction of sp³-hybridized carbons (Fsp3) is 0.462.